The number of H-pyrrole nitrogens is 1. The average Bonchev–Trinajstić information content (AvgIpc) is 2.98. The highest BCUT2D eigenvalue weighted by molar-refractivity contribution is 5.51. The fourth-order valence-corrected chi connectivity index (χ4v) is 1.80. The topological polar surface area (TPSA) is 96.7 Å². The molecule has 8 heteroatoms. The minimum Gasteiger partial charge on any atom is -0.360 e. The Balaban J connectivity index is 1.97. The molecule has 3 heterocycles. The van der Waals surface area contributed by atoms with E-state index in [4.69, 9.17) is 0 Å². The van der Waals surface area contributed by atoms with Crippen LogP contribution in [0, 0.1) is 6.92 Å². The minimum absolute atomic E-state index is 0.0713. The number of aromatic nitrogens is 7. The van der Waals surface area contributed by atoms with Crippen molar-refractivity contribution in [2.45, 2.75) is 19.9 Å². The number of nitrogens with zero attached hydrogens (tertiary/aromatic N) is 6. The Labute approximate surface area is 102 Å². The summed E-state index contributed by atoms with van der Waals surface area (Å²) < 4.78 is 1.74. The van der Waals surface area contributed by atoms with Crippen molar-refractivity contribution in [2.24, 2.45) is 0 Å². The monoisotopic (exact) mass is 244 g/mol. The predicted octanol–water partition coefficient (Wildman–Crippen LogP) is 0.724. The lowest BCUT2D eigenvalue weighted by Crippen LogP contribution is -2.12. The zero-order chi connectivity index (χ0) is 12.5. The van der Waals surface area contributed by atoms with Crippen LogP contribution in [0.4, 0.5) is 5.82 Å². The molecule has 3 aromatic heterocycles. The van der Waals surface area contributed by atoms with Crippen LogP contribution in [-0.2, 0) is 0 Å². The van der Waals surface area contributed by atoms with Crippen LogP contribution in [0.3, 0.4) is 0 Å². The minimum atomic E-state index is -0.0713. The Morgan fingerprint density at radius 2 is 2.28 bits per heavy atom. The number of fused-ring (bicyclic) bond motifs is 1. The molecule has 0 amide bonds. The summed E-state index contributed by atoms with van der Waals surface area (Å²) >= 11 is 0. The third-order valence-electron chi connectivity index (χ3n) is 2.64. The standard InChI is InChI=1S/C10H12N8/c1-6-3-8-11-5-12-18(8)9(4-6)13-7(2)10-14-16-17-15-10/h3-5,7,13H,1-2H3,(H,14,15,16,17). The van der Waals surface area contributed by atoms with Crippen LogP contribution < -0.4 is 5.32 Å². The number of aromatic amines is 1. The van der Waals surface area contributed by atoms with Crippen molar-refractivity contribution in [3.63, 3.8) is 0 Å². The quantitative estimate of drug-likeness (QED) is 0.704. The molecular formula is C10H12N8. The maximum absolute atomic E-state index is 4.17. The molecule has 0 aliphatic rings. The Bertz CT molecular complexity index is 656. The number of aryl methyl sites for hydroxylation is 1. The molecule has 0 fully saturated rings. The first-order chi connectivity index (χ1) is 8.74. The van der Waals surface area contributed by atoms with Crippen LogP contribution in [0.2, 0.25) is 0 Å². The van der Waals surface area contributed by atoms with Crippen molar-refractivity contribution >= 4 is 11.5 Å². The SMILES string of the molecule is Cc1cc(NC(C)c2nn[nH]n2)n2ncnc2c1. The van der Waals surface area contributed by atoms with Crippen molar-refractivity contribution in [2.75, 3.05) is 5.32 Å². The van der Waals surface area contributed by atoms with Gasteiger partial charge in [0.1, 0.15) is 12.1 Å². The molecule has 0 aliphatic carbocycles. The number of hydrogen-bond donors (Lipinski definition) is 2. The first-order valence-corrected chi connectivity index (χ1v) is 5.54. The van der Waals surface area contributed by atoms with E-state index in [0.717, 1.165) is 17.0 Å². The summed E-state index contributed by atoms with van der Waals surface area (Å²) in [6.07, 6.45) is 1.53. The lowest BCUT2D eigenvalue weighted by molar-refractivity contribution is 0.776. The van der Waals surface area contributed by atoms with Crippen molar-refractivity contribution in [1.29, 1.82) is 0 Å². The molecule has 3 rings (SSSR count). The molecular weight excluding hydrogens is 232 g/mol. The van der Waals surface area contributed by atoms with Crippen molar-refractivity contribution in [3.8, 4) is 0 Å². The first-order valence-electron chi connectivity index (χ1n) is 5.54. The summed E-state index contributed by atoms with van der Waals surface area (Å²) in [4.78, 5) is 4.17. The van der Waals surface area contributed by atoms with Gasteiger partial charge in [-0.2, -0.15) is 14.8 Å². The summed E-state index contributed by atoms with van der Waals surface area (Å²) in [5.74, 6) is 1.45. The van der Waals surface area contributed by atoms with Gasteiger partial charge in [0, 0.05) is 0 Å². The van der Waals surface area contributed by atoms with Crippen molar-refractivity contribution in [1.82, 2.24) is 35.2 Å². The van der Waals surface area contributed by atoms with Gasteiger partial charge in [-0.1, -0.05) is 5.21 Å². The molecule has 92 valence electrons. The van der Waals surface area contributed by atoms with Gasteiger partial charge in [-0.15, -0.1) is 10.2 Å². The highest BCUT2D eigenvalue weighted by Crippen LogP contribution is 2.18. The third kappa shape index (κ3) is 1.77. The molecule has 0 aliphatic heterocycles. The average molecular weight is 244 g/mol. The van der Waals surface area contributed by atoms with Crippen molar-refractivity contribution < 1.29 is 0 Å². The second-order valence-electron chi connectivity index (χ2n) is 4.08. The highest BCUT2D eigenvalue weighted by Gasteiger charge is 2.12. The van der Waals surface area contributed by atoms with E-state index in [-0.39, 0.29) is 6.04 Å². The zero-order valence-electron chi connectivity index (χ0n) is 9.99. The Hall–Kier alpha value is -2.51. The van der Waals surface area contributed by atoms with Gasteiger partial charge in [0.15, 0.2) is 11.5 Å². The molecule has 0 aromatic carbocycles. The van der Waals surface area contributed by atoms with Crippen LogP contribution in [0.15, 0.2) is 18.5 Å². The maximum atomic E-state index is 4.17. The number of hydrogen-bond acceptors (Lipinski definition) is 6. The van der Waals surface area contributed by atoms with E-state index in [1.165, 1.54) is 6.33 Å². The molecule has 8 nitrogen and oxygen atoms in total. The summed E-state index contributed by atoms with van der Waals surface area (Å²) in [5, 5.41) is 21.3. The predicted molar refractivity (Wildman–Crippen MR) is 63.9 cm³/mol. The van der Waals surface area contributed by atoms with Crippen LogP contribution in [0.25, 0.3) is 5.65 Å². The molecule has 0 bridgehead atoms. The molecule has 1 unspecified atom stereocenters. The molecule has 3 aromatic rings. The smallest absolute Gasteiger partial charge is 0.196 e. The molecule has 0 saturated carbocycles. The van der Waals surface area contributed by atoms with Gasteiger partial charge in [0.25, 0.3) is 0 Å². The van der Waals surface area contributed by atoms with Gasteiger partial charge in [-0.25, -0.2) is 4.98 Å². The van der Waals surface area contributed by atoms with Gasteiger partial charge in [0.05, 0.1) is 6.04 Å². The van der Waals surface area contributed by atoms with Crippen LogP contribution in [-0.4, -0.2) is 35.2 Å². The molecule has 1 atom stereocenters. The number of anilines is 1. The first kappa shape index (κ1) is 10.6. The lowest BCUT2D eigenvalue weighted by Gasteiger charge is -2.13. The van der Waals surface area contributed by atoms with Crippen LogP contribution in [0.1, 0.15) is 24.4 Å². The second kappa shape index (κ2) is 4.06. The normalized spacial score (nSPS) is 12.8. The number of nitrogens with one attached hydrogen (secondary N) is 2. The fraction of sp³-hybridized carbons (Fsp3) is 0.300. The summed E-state index contributed by atoms with van der Waals surface area (Å²) in [5.41, 5.74) is 1.91. The van der Waals surface area contributed by atoms with Crippen molar-refractivity contribution in [3.05, 3.63) is 29.8 Å². The Kier molecular flexibility index (Phi) is 2.40. The molecule has 0 saturated heterocycles. The maximum Gasteiger partial charge on any atom is 0.196 e. The lowest BCUT2D eigenvalue weighted by atomic mass is 10.2. The van der Waals surface area contributed by atoms with E-state index < -0.39 is 0 Å². The molecule has 0 radical (unpaired) electrons. The van der Waals surface area contributed by atoms with E-state index >= 15 is 0 Å². The number of tetrazole rings is 1. The van der Waals surface area contributed by atoms with Gasteiger partial charge in [-0.3, -0.25) is 0 Å². The summed E-state index contributed by atoms with van der Waals surface area (Å²) in [6, 6.07) is 3.90. The molecule has 18 heavy (non-hydrogen) atoms. The van der Waals surface area contributed by atoms with E-state index in [9.17, 15) is 0 Å². The third-order valence-corrected chi connectivity index (χ3v) is 2.64. The largest absolute Gasteiger partial charge is 0.360 e. The fourth-order valence-electron chi connectivity index (χ4n) is 1.80. The molecule has 0 spiro atoms. The zero-order valence-corrected chi connectivity index (χ0v) is 9.99. The Morgan fingerprint density at radius 1 is 1.39 bits per heavy atom. The van der Waals surface area contributed by atoms with Crippen LogP contribution >= 0.6 is 0 Å². The van der Waals surface area contributed by atoms with E-state index in [0.29, 0.717) is 5.82 Å². The van der Waals surface area contributed by atoms with Gasteiger partial charge < -0.3 is 5.32 Å². The van der Waals surface area contributed by atoms with Crippen LogP contribution in [0.5, 0.6) is 0 Å². The van der Waals surface area contributed by atoms with Gasteiger partial charge in [0.2, 0.25) is 0 Å². The van der Waals surface area contributed by atoms with Gasteiger partial charge in [-0.05, 0) is 31.5 Å². The molecule has 2 N–H and O–H groups in total. The Morgan fingerprint density at radius 3 is 3.06 bits per heavy atom. The second-order valence-corrected chi connectivity index (χ2v) is 4.08. The summed E-state index contributed by atoms with van der Waals surface area (Å²) in [6.45, 7) is 3.97. The van der Waals surface area contributed by atoms with E-state index in [1.54, 1.807) is 4.52 Å². The van der Waals surface area contributed by atoms with E-state index in [1.807, 2.05) is 26.0 Å². The van der Waals surface area contributed by atoms with E-state index in [2.05, 4.69) is 36.0 Å². The number of pyridine rings is 1. The van der Waals surface area contributed by atoms with Gasteiger partial charge >= 0.3 is 0 Å². The highest BCUT2D eigenvalue weighted by atomic mass is 15.5. The number of rotatable bonds is 3. The summed E-state index contributed by atoms with van der Waals surface area (Å²) in [7, 11) is 0.